The number of nitrogens with two attached hydrogens (primary N) is 1. The number of fused-ring (bicyclic) bond motifs is 2. The van der Waals surface area contributed by atoms with Crippen molar-refractivity contribution in [3.8, 4) is 16.9 Å². The minimum atomic E-state index is -0.974. The third kappa shape index (κ3) is 3.00. The van der Waals surface area contributed by atoms with E-state index in [4.69, 9.17) is 20.3 Å². The number of aryl methyl sites for hydroxylation is 1. The summed E-state index contributed by atoms with van der Waals surface area (Å²) in [6, 6.07) is 21.0. The highest BCUT2D eigenvalue weighted by Crippen LogP contribution is 2.50. The first-order chi connectivity index (χ1) is 14.4. The van der Waals surface area contributed by atoms with Crippen LogP contribution in [0.4, 0.5) is 4.39 Å². The Morgan fingerprint density at radius 2 is 1.80 bits per heavy atom. The Labute approximate surface area is 174 Å². The SMILES string of the molecule is Cc1cc(-c2ccc3c(c2)C2(CC(c4ccccc4)O3)N=C(N)N(C)O2)ccc1F. The molecule has 5 rings (SSSR count). The molecule has 1 spiro atoms. The van der Waals surface area contributed by atoms with Crippen LogP contribution in [0.15, 0.2) is 71.7 Å². The molecule has 2 aliphatic heterocycles. The van der Waals surface area contributed by atoms with E-state index in [0.29, 0.717) is 23.7 Å². The fraction of sp³-hybridized carbons (Fsp3) is 0.208. The second-order valence-corrected chi connectivity index (χ2v) is 7.74. The van der Waals surface area contributed by atoms with Crippen molar-refractivity contribution < 1.29 is 14.0 Å². The van der Waals surface area contributed by atoms with Crippen molar-refractivity contribution in [2.45, 2.75) is 25.2 Å². The summed E-state index contributed by atoms with van der Waals surface area (Å²) >= 11 is 0. The van der Waals surface area contributed by atoms with E-state index < -0.39 is 5.72 Å². The minimum Gasteiger partial charge on any atom is -0.485 e. The summed E-state index contributed by atoms with van der Waals surface area (Å²) in [6.07, 6.45) is 0.265. The van der Waals surface area contributed by atoms with Crippen LogP contribution in [-0.4, -0.2) is 18.1 Å². The highest BCUT2D eigenvalue weighted by molar-refractivity contribution is 5.79. The van der Waals surface area contributed by atoms with Crippen LogP contribution >= 0.6 is 0 Å². The summed E-state index contributed by atoms with van der Waals surface area (Å²) in [7, 11) is 1.74. The number of hydroxylamine groups is 2. The molecule has 0 bridgehead atoms. The Balaban J connectivity index is 1.63. The lowest BCUT2D eigenvalue weighted by Gasteiger charge is -2.37. The van der Waals surface area contributed by atoms with Crippen LogP contribution < -0.4 is 10.5 Å². The van der Waals surface area contributed by atoms with Crippen LogP contribution in [-0.2, 0) is 10.6 Å². The smallest absolute Gasteiger partial charge is 0.222 e. The number of hydrogen-bond donors (Lipinski definition) is 1. The van der Waals surface area contributed by atoms with Gasteiger partial charge >= 0.3 is 0 Å². The van der Waals surface area contributed by atoms with Crippen molar-refractivity contribution in [1.82, 2.24) is 5.06 Å². The maximum absolute atomic E-state index is 13.7. The number of hydrogen-bond acceptors (Lipinski definition) is 5. The van der Waals surface area contributed by atoms with Crippen LogP contribution in [0.5, 0.6) is 5.75 Å². The van der Waals surface area contributed by atoms with Gasteiger partial charge in [0.05, 0.1) is 5.56 Å². The summed E-state index contributed by atoms with van der Waals surface area (Å²) in [6.45, 7) is 1.76. The van der Waals surface area contributed by atoms with Gasteiger partial charge in [-0.3, -0.25) is 0 Å². The van der Waals surface area contributed by atoms with Crippen LogP contribution in [0.25, 0.3) is 11.1 Å². The average Bonchev–Trinajstić information content (AvgIpc) is 3.04. The highest BCUT2D eigenvalue weighted by Gasteiger charge is 2.49. The van der Waals surface area contributed by atoms with Crippen molar-refractivity contribution in [3.63, 3.8) is 0 Å². The standard InChI is InChI=1S/C24H22FN3O2/c1-15-12-17(8-10-20(15)25)18-9-11-21-19(13-18)24(27-23(26)28(2)30-24)14-22(29-21)16-6-4-3-5-7-16/h3-13,22H,14H2,1-2H3,(H2,26,27). The van der Waals surface area contributed by atoms with Crippen LogP contribution in [0.2, 0.25) is 0 Å². The normalized spacial score (nSPS) is 22.6. The molecule has 152 valence electrons. The fourth-order valence-electron chi connectivity index (χ4n) is 4.09. The van der Waals surface area contributed by atoms with E-state index in [1.165, 1.54) is 11.1 Å². The van der Waals surface area contributed by atoms with E-state index in [9.17, 15) is 4.39 Å². The third-order valence-corrected chi connectivity index (χ3v) is 5.70. The first kappa shape index (κ1) is 18.6. The van der Waals surface area contributed by atoms with E-state index in [1.54, 1.807) is 20.0 Å². The van der Waals surface area contributed by atoms with E-state index in [2.05, 4.69) is 0 Å². The van der Waals surface area contributed by atoms with Gasteiger partial charge in [0.1, 0.15) is 17.7 Å². The third-order valence-electron chi connectivity index (χ3n) is 5.70. The Morgan fingerprint density at radius 1 is 1.07 bits per heavy atom. The number of nitrogens with zero attached hydrogens (tertiary/aromatic N) is 2. The summed E-state index contributed by atoms with van der Waals surface area (Å²) in [5.41, 5.74) is 9.41. The summed E-state index contributed by atoms with van der Waals surface area (Å²) in [4.78, 5) is 10.9. The average molecular weight is 403 g/mol. The number of benzene rings is 3. The Kier molecular flexibility index (Phi) is 4.25. The molecule has 0 aromatic heterocycles. The Hall–Kier alpha value is -3.38. The van der Waals surface area contributed by atoms with E-state index in [0.717, 1.165) is 22.3 Å². The molecule has 2 aliphatic rings. The molecule has 3 aromatic rings. The van der Waals surface area contributed by atoms with Gasteiger partial charge in [0.2, 0.25) is 11.7 Å². The zero-order chi connectivity index (χ0) is 20.9. The van der Waals surface area contributed by atoms with Gasteiger partial charge < -0.3 is 10.5 Å². The molecule has 0 saturated carbocycles. The number of aliphatic imine (C=N–C) groups is 1. The van der Waals surface area contributed by atoms with Crippen LogP contribution in [0, 0.1) is 12.7 Å². The maximum atomic E-state index is 13.7. The molecule has 3 aromatic carbocycles. The molecule has 2 atom stereocenters. The first-order valence-corrected chi connectivity index (χ1v) is 9.86. The molecule has 0 aliphatic carbocycles. The number of halogens is 1. The van der Waals surface area contributed by atoms with Crippen LogP contribution in [0.1, 0.15) is 29.2 Å². The molecular formula is C24H22FN3O2. The molecule has 0 amide bonds. The van der Waals surface area contributed by atoms with Gasteiger partial charge in [-0.1, -0.05) is 42.5 Å². The number of guanidine groups is 1. The van der Waals surface area contributed by atoms with Gasteiger partial charge in [0.25, 0.3) is 0 Å². The van der Waals surface area contributed by atoms with E-state index in [1.807, 2.05) is 54.6 Å². The molecule has 0 fully saturated rings. The lowest BCUT2D eigenvalue weighted by atomic mass is 9.88. The van der Waals surface area contributed by atoms with Crippen LogP contribution in [0.3, 0.4) is 0 Å². The lowest BCUT2D eigenvalue weighted by Crippen LogP contribution is -2.36. The van der Waals surface area contributed by atoms with E-state index >= 15 is 0 Å². The molecular weight excluding hydrogens is 381 g/mol. The summed E-state index contributed by atoms with van der Waals surface area (Å²) in [5, 5.41) is 1.49. The van der Waals surface area contributed by atoms with E-state index in [-0.39, 0.29) is 11.9 Å². The monoisotopic (exact) mass is 403 g/mol. The fourth-order valence-corrected chi connectivity index (χ4v) is 4.09. The van der Waals surface area contributed by atoms with Gasteiger partial charge in [-0.05, 0) is 53.4 Å². The molecule has 30 heavy (non-hydrogen) atoms. The largest absolute Gasteiger partial charge is 0.485 e. The second kappa shape index (κ2) is 6.85. The zero-order valence-electron chi connectivity index (χ0n) is 16.8. The van der Waals surface area contributed by atoms with Gasteiger partial charge in [-0.2, -0.15) is 0 Å². The summed E-state index contributed by atoms with van der Waals surface area (Å²) < 4.78 is 20.1. The van der Waals surface area contributed by atoms with Crippen molar-refractivity contribution in [2.75, 3.05) is 7.05 Å². The number of ether oxygens (including phenoxy) is 1. The Bertz CT molecular complexity index is 1150. The van der Waals surface area contributed by atoms with Crippen molar-refractivity contribution in [1.29, 1.82) is 0 Å². The predicted molar refractivity (Wildman–Crippen MR) is 113 cm³/mol. The summed E-state index contributed by atoms with van der Waals surface area (Å²) in [5.74, 6) is 0.794. The van der Waals surface area contributed by atoms with Crippen molar-refractivity contribution in [3.05, 3.63) is 89.2 Å². The molecule has 2 unspecified atom stereocenters. The minimum absolute atomic E-state index is 0.222. The molecule has 5 nitrogen and oxygen atoms in total. The maximum Gasteiger partial charge on any atom is 0.222 e. The van der Waals surface area contributed by atoms with Gasteiger partial charge in [0, 0.05) is 13.5 Å². The first-order valence-electron chi connectivity index (χ1n) is 9.86. The topological polar surface area (TPSA) is 60.1 Å². The zero-order valence-corrected chi connectivity index (χ0v) is 16.8. The second-order valence-electron chi connectivity index (χ2n) is 7.74. The predicted octanol–water partition coefficient (Wildman–Crippen LogP) is 4.67. The van der Waals surface area contributed by atoms with Gasteiger partial charge in [-0.25, -0.2) is 19.3 Å². The molecule has 2 N–H and O–H groups in total. The molecule has 0 radical (unpaired) electrons. The van der Waals surface area contributed by atoms with Crippen molar-refractivity contribution in [2.24, 2.45) is 10.7 Å². The Morgan fingerprint density at radius 3 is 2.50 bits per heavy atom. The quantitative estimate of drug-likeness (QED) is 0.676. The molecule has 2 heterocycles. The van der Waals surface area contributed by atoms with Crippen molar-refractivity contribution >= 4 is 5.96 Å². The number of rotatable bonds is 2. The van der Waals surface area contributed by atoms with Gasteiger partial charge in [0.15, 0.2) is 0 Å². The molecule has 0 saturated heterocycles. The highest BCUT2D eigenvalue weighted by atomic mass is 19.1. The molecule has 6 heteroatoms. The van der Waals surface area contributed by atoms with Gasteiger partial charge in [-0.15, -0.1) is 0 Å². The lowest BCUT2D eigenvalue weighted by molar-refractivity contribution is -0.191.